The Bertz CT molecular complexity index is 999. The predicted octanol–water partition coefficient (Wildman–Crippen LogP) is 4.72. The number of amides is 1. The Morgan fingerprint density at radius 3 is 2.29 bits per heavy atom. The van der Waals surface area contributed by atoms with Crippen LogP contribution in [-0.2, 0) is 24.0 Å². The third-order valence-electron chi connectivity index (χ3n) is 9.05. The molecule has 4 rings (SSSR count). The summed E-state index contributed by atoms with van der Waals surface area (Å²) in [6, 6.07) is 0. The van der Waals surface area contributed by atoms with Crippen LogP contribution >= 0.6 is 0 Å². The highest BCUT2D eigenvalue weighted by Crippen LogP contribution is 2.48. The molecular formula is C30H43NO7. The zero-order valence-corrected chi connectivity index (χ0v) is 22.9. The van der Waals surface area contributed by atoms with Gasteiger partial charge in [0.1, 0.15) is 17.1 Å². The lowest BCUT2D eigenvalue weighted by molar-refractivity contribution is -0.143. The fourth-order valence-electron chi connectivity index (χ4n) is 6.62. The van der Waals surface area contributed by atoms with Crippen LogP contribution < -0.4 is 5.32 Å². The van der Waals surface area contributed by atoms with Crippen molar-refractivity contribution in [2.24, 2.45) is 35.5 Å². The molecule has 0 radical (unpaired) electrons. The topological polar surface area (TPSA) is 138 Å². The van der Waals surface area contributed by atoms with Gasteiger partial charge in [-0.2, -0.15) is 0 Å². The highest BCUT2D eigenvalue weighted by atomic mass is 16.4. The smallest absolute Gasteiger partial charge is 0.329 e. The van der Waals surface area contributed by atoms with Crippen LogP contribution in [0.3, 0.4) is 0 Å². The van der Waals surface area contributed by atoms with E-state index in [1.807, 2.05) is 32.1 Å². The van der Waals surface area contributed by atoms with Gasteiger partial charge in [-0.3, -0.25) is 19.2 Å². The van der Waals surface area contributed by atoms with Gasteiger partial charge in [0.15, 0.2) is 0 Å². The third-order valence-corrected chi connectivity index (χ3v) is 9.05. The molecule has 1 amide bonds. The lowest BCUT2D eigenvalue weighted by Crippen LogP contribution is -2.47. The Morgan fingerprint density at radius 2 is 1.71 bits per heavy atom. The van der Waals surface area contributed by atoms with Crippen LogP contribution in [-0.4, -0.2) is 45.2 Å². The Kier molecular flexibility index (Phi) is 10.1. The van der Waals surface area contributed by atoms with E-state index in [-0.39, 0.29) is 59.4 Å². The maximum Gasteiger partial charge on any atom is 0.329 e. The molecule has 0 aromatic carbocycles. The van der Waals surface area contributed by atoms with Crippen molar-refractivity contribution < 1.29 is 34.2 Å². The summed E-state index contributed by atoms with van der Waals surface area (Å²) in [4.78, 5) is 58.6. The zero-order chi connectivity index (χ0) is 28.0. The van der Waals surface area contributed by atoms with Crippen molar-refractivity contribution in [1.82, 2.24) is 5.32 Å². The molecule has 7 atom stereocenters. The molecule has 0 spiro atoms. The van der Waals surface area contributed by atoms with E-state index in [0.717, 1.165) is 38.5 Å². The standard InChI is InChI=1S/C18H25NO4.C12H18O3/c1-3-10-7-13-12(5-6-15(13)20)14(8-10)16(21)19-18(17(22)23)9-11(18)4-2;1-2-3-4-5-10-9(8-12(14)15)6-7-11(10)13/h8,10-13H,3-7,9H2,1-2H3,(H,19,21)(H,22,23);3-4,9-10H,2,5-8H2,1H3,(H,14,15)/b;4-3-/t10-,11?,12+,13+,18?;9-,10+/m11/s1. The highest BCUT2D eigenvalue weighted by molar-refractivity contribution is 6.00. The second-order valence-electron chi connectivity index (χ2n) is 11.4. The number of Topliss-reactive ketones (excluding diaryl/α,β-unsaturated/α-hetero) is 2. The molecule has 38 heavy (non-hydrogen) atoms. The Morgan fingerprint density at radius 1 is 1.00 bits per heavy atom. The summed E-state index contributed by atoms with van der Waals surface area (Å²) in [6.45, 7) is 6.05. The van der Waals surface area contributed by atoms with Crippen molar-refractivity contribution in [3.8, 4) is 0 Å². The normalized spacial score (nSPS) is 33.8. The van der Waals surface area contributed by atoms with Gasteiger partial charge in [-0.1, -0.05) is 45.4 Å². The van der Waals surface area contributed by atoms with E-state index in [4.69, 9.17) is 5.11 Å². The molecule has 8 nitrogen and oxygen atoms in total. The first kappa shape index (κ1) is 29.8. The molecule has 8 heteroatoms. The van der Waals surface area contributed by atoms with Crippen molar-refractivity contribution in [2.75, 3.05) is 0 Å². The molecule has 3 fully saturated rings. The molecule has 0 aromatic rings. The maximum absolute atomic E-state index is 12.8. The molecule has 4 aliphatic carbocycles. The molecule has 3 saturated carbocycles. The molecule has 3 N–H and O–H groups in total. The quantitative estimate of drug-likeness (QED) is 0.348. The van der Waals surface area contributed by atoms with Crippen molar-refractivity contribution in [1.29, 1.82) is 0 Å². The van der Waals surface area contributed by atoms with Crippen molar-refractivity contribution in [2.45, 2.75) is 96.9 Å². The molecule has 0 aliphatic heterocycles. The van der Waals surface area contributed by atoms with Crippen LogP contribution in [0.2, 0.25) is 0 Å². The number of carboxylic acids is 2. The number of aliphatic carboxylic acids is 2. The summed E-state index contributed by atoms with van der Waals surface area (Å²) in [6.07, 6.45) is 13.4. The molecule has 0 bridgehead atoms. The van der Waals surface area contributed by atoms with Gasteiger partial charge in [-0.25, -0.2) is 4.79 Å². The molecule has 0 saturated heterocycles. The number of allylic oxidation sites excluding steroid dienone is 3. The second kappa shape index (κ2) is 12.9. The minimum atomic E-state index is -1.09. The lowest BCUT2D eigenvalue weighted by Gasteiger charge is -2.30. The van der Waals surface area contributed by atoms with Crippen LogP contribution in [0.4, 0.5) is 0 Å². The summed E-state index contributed by atoms with van der Waals surface area (Å²) in [5, 5.41) is 21.0. The molecule has 0 heterocycles. The van der Waals surface area contributed by atoms with Crippen LogP contribution in [0, 0.1) is 35.5 Å². The van der Waals surface area contributed by atoms with E-state index >= 15 is 0 Å². The van der Waals surface area contributed by atoms with Crippen LogP contribution in [0.15, 0.2) is 23.8 Å². The minimum Gasteiger partial charge on any atom is -0.481 e. The number of hydrogen-bond donors (Lipinski definition) is 3. The van der Waals surface area contributed by atoms with E-state index in [9.17, 15) is 29.1 Å². The zero-order valence-electron chi connectivity index (χ0n) is 22.9. The molecule has 0 aromatic heterocycles. The van der Waals surface area contributed by atoms with Crippen molar-refractivity contribution in [3.63, 3.8) is 0 Å². The summed E-state index contributed by atoms with van der Waals surface area (Å²) in [5.41, 5.74) is -0.439. The number of ketones is 2. The van der Waals surface area contributed by atoms with Crippen LogP contribution in [0.1, 0.15) is 91.4 Å². The molecule has 2 unspecified atom stereocenters. The van der Waals surface area contributed by atoms with E-state index in [0.29, 0.717) is 31.3 Å². The average molecular weight is 530 g/mol. The predicted molar refractivity (Wildman–Crippen MR) is 142 cm³/mol. The first-order valence-electron chi connectivity index (χ1n) is 14.3. The van der Waals surface area contributed by atoms with Crippen molar-refractivity contribution >= 4 is 29.4 Å². The number of carbonyl (C=O) groups excluding carboxylic acids is 3. The fraction of sp³-hybridized carbons (Fsp3) is 0.700. The van der Waals surface area contributed by atoms with E-state index in [1.165, 1.54) is 0 Å². The lowest BCUT2D eigenvalue weighted by atomic mass is 9.74. The van der Waals surface area contributed by atoms with Gasteiger partial charge in [-0.15, -0.1) is 0 Å². The number of carboxylic acid groups (broad SMARTS) is 2. The SMILES string of the molecule is CC/C=C\C[C@@H]1C(=O)CC[C@@H]1CC(=O)O.CCC1CC1(NC(=O)C1=C[C@H](CC)C[C@@H]2C(=O)CC[C@H]12)C(=O)O. The summed E-state index contributed by atoms with van der Waals surface area (Å²) < 4.78 is 0. The number of fused-ring (bicyclic) bond motifs is 1. The first-order chi connectivity index (χ1) is 18.1. The maximum atomic E-state index is 12.8. The number of nitrogens with one attached hydrogen (secondary N) is 1. The van der Waals surface area contributed by atoms with Gasteiger partial charge in [0.25, 0.3) is 0 Å². The van der Waals surface area contributed by atoms with E-state index in [1.54, 1.807) is 0 Å². The number of carbonyl (C=O) groups is 5. The molecule has 4 aliphatic rings. The van der Waals surface area contributed by atoms with Crippen LogP contribution in [0.25, 0.3) is 0 Å². The minimum absolute atomic E-state index is 0.0103. The second-order valence-corrected chi connectivity index (χ2v) is 11.4. The number of hydrogen-bond acceptors (Lipinski definition) is 5. The van der Waals surface area contributed by atoms with E-state index in [2.05, 4.69) is 12.2 Å². The van der Waals surface area contributed by atoms with Gasteiger partial charge in [0.2, 0.25) is 5.91 Å². The van der Waals surface area contributed by atoms with Crippen molar-refractivity contribution in [3.05, 3.63) is 23.8 Å². The Balaban J connectivity index is 0.000000232. The molecular weight excluding hydrogens is 486 g/mol. The number of rotatable bonds is 10. The summed E-state index contributed by atoms with van der Waals surface area (Å²) in [5.74, 6) is -1.33. The summed E-state index contributed by atoms with van der Waals surface area (Å²) in [7, 11) is 0. The fourth-order valence-corrected chi connectivity index (χ4v) is 6.62. The highest BCUT2D eigenvalue weighted by Gasteiger charge is 2.61. The van der Waals surface area contributed by atoms with E-state index < -0.39 is 17.5 Å². The molecule has 210 valence electrons. The van der Waals surface area contributed by atoms with Gasteiger partial charge < -0.3 is 15.5 Å². The van der Waals surface area contributed by atoms with Gasteiger partial charge >= 0.3 is 11.9 Å². The average Bonchev–Trinajstić information content (AvgIpc) is 3.34. The monoisotopic (exact) mass is 529 g/mol. The third kappa shape index (κ3) is 6.62. The Labute approximate surface area is 225 Å². The first-order valence-corrected chi connectivity index (χ1v) is 14.3. The van der Waals surface area contributed by atoms with Gasteiger partial charge in [0, 0.05) is 36.7 Å². The Hall–Kier alpha value is -2.77. The van der Waals surface area contributed by atoms with Gasteiger partial charge in [0.05, 0.1) is 0 Å². The van der Waals surface area contributed by atoms with Gasteiger partial charge in [-0.05, 0) is 68.6 Å². The summed E-state index contributed by atoms with van der Waals surface area (Å²) >= 11 is 0. The largest absolute Gasteiger partial charge is 0.481 e. The van der Waals surface area contributed by atoms with Crippen LogP contribution in [0.5, 0.6) is 0 Å².